The SMILES string of the molecule is CCOc1ccc(N2C(=O)[C@@H]3[C@H](C2=O)[C@@]2(c4ccc(Cl)cc4)C(=O)[C@@]3(c3ccc(Cl)cc3)C(c3ccccc3)=C2c2ccccc2)cc1. The largest absolute Gasteiger partial charge is 0.494 e. The van der Waals surface area contributed by atoms with Crippen molar-refractivity contribution in [3.63, 3.8) is 0 Å². The molecule has 236 valence electrons. The third-order valence-corrected chi connectivity index (χ3v) is 10.6. The van der Waals surface area contributed by atoms with Crippen LogP contribution in [0.2, 0.25) is 10.0 Å². The molecule has 48 heavy (non-hydrogen) atoms. The summed E-state index contributed by atoms with van der Waals surface area (Å²) in [6, 6.07) is 40.6. The normalized spacial score (nSPS) is 24.4. The molecule has 0 aromatic heterocycles. The number of imide groups is 1. The minimum Gasteiger partial charge on any atom is -0.494 e. The van der Waals surface area contributed by atoms with E-state index in [2.05, 4.69) is 0 Å². The van der Waals surface area contributed by atoms with Crippen LogP contribution in [0.4, 0.5) is 5.69 Å². The third-order valence-electron chi connectivity index (χ3n) is 10.1. The highest BCUT2D eigenvalue weighted by Gasteiger charge is 2.82. The first kappa shape index (κ1) is 30.4. The van der Waals surface area contributed by atoms with Gasteiger partial charge in [0.2, 0.25) is 11.8 Å². The highest BCUT2D eigenvalue weighted by Crippen LogP contribution is 2.74. The quantitative estimate of drug-likeness (QED) is 0.163. The molecule has 1 saturated carbocycles. The number of hydrogen-bond acceptors (Lipinski definition) is 4. The first-order chi connectivity index (χ1) is 23.3. The number of allylic oxidation sites excluding steroid dienone is 2. The smallest absolute Gasteiger partial charge is 0.239 e. The van der Waals surface area contributed by atoms with Gasteiger partial charge in [0, 0.05) is 10.0 Å². The average molecular weight is 671 g/mol. The van der Waals surface area contributed by atoms with Gasteiger partial charge in [0.25, 0.3) is 0 Å². The summed E-state index contributed by atoms with van der Waals surface area (Å²) in [6.07, 6.45) is 0. The first-order valence-corrected chi connectivity index (χ1v) is 16.6. The lowest BCUT2D eigenvalue weighted by molar-refractivity contribution is -0.130. The maximum atomic E-state index is 16.0. The van der Waals surface area contributed by atoms with Crippen molar-refractivity contribution < 1.29 is 19.1 Å². The molecule has 4 atom stereocenters. The molecule has 3 aliphatic rings. The Balaban J connectivity index is 1.51. The number of fused-ring (bicyclic) bond motifs is 5. The van der Waals surface area contributed by atoms with Gasteiger partial charge >= 0.3 is 0 Å². The summed E-state index contributed by atoms with van der Waals surface area (Å²) in [7, 11) is 0. The third kappa shape index (κ3) is 4.01. The molecule has 7 heteroatoms. The van der Waals surface area contributed by atoms with E-state index in [0.717, 1.165) is 11.1 Å². The Morgan fingerprint density at radius 3 is 1.40 bits per heavy atom. The van der Waals surface area contributed by atoms with Crippen LogP contribution in [0.5, 0.6) is 5.75 Å². The summed E-state index contributed by atoms with van der Waals surface area (Å²) in [5.41, 5.74) is 1.64. The maximum Gasteiger partial charge on any atom is 0.239 e. The minimum absolute atomic E-state index is 0.208. The molecule has 2 bridgehead atoms. The number of hydrogen-bond donors (Lipinski definition) is 0. The van der Waals surface area contributed by atoms with Crippen LogP contribution in [0.15, 0.2) is 133 Å². The number of anilines is 1. The summed E-state index contributed by atoms with van der Waals surface area (Å²) >= 11 is 12.8. The average Bonchev–Trinajstić information content (AvgIpc) is 3.62. The van der Waals surface area contributed by atoms with Crippen LogP contribution < -0.4 is 9.64 Å². The Hall–Kier alpha value is -4.97. The number of amides is 2. The summed E-state index contributed by atoms with van der Waals surface area (Å²) in [5.74, 6) is -2.50. The molecule has 0 radical (unpaired) electrons. The molecular weight excluding hydrogens is 641 g/mol. The maximum absolute atomic E-state index is 16.0. The standard InChI is InChI=1S/C41H29Cl2NO4/c1-2-48-32-23-21-31(22-24-32)44-37(45)35-36(38(44)46)41(28-15-19-30(43)20-16-28)34(26-11-7-4-8-12-26)33(25-9-5-3-6-10-25)40(35,39(41)47)27-13-17-29(42)18-14-27/h3-24,35-36H,2H2,1H3/t35-,36+,40-,41-/m0/s1. The van der Waals surface area contributed by atoms with Crippen LogP contribution in [0.1, 0.15) is 29.2 Å². The molecule has 5 aromatic carbocycles. The van der Waals surface area contributed by atoms with Gasteiger partial charge in [-0.3, -0.25) is 14.4 Å². The number of nitrogens with zero attached hydrogens (tertiary/aromatic N) is 1. The van der Waals surface area contributed by atoms with Gasteiger partial charge in [-0.2, -0.15) is 0 Å². The van der Waals surface area contributed by atoms with Gasteiger partial charge in [0.1, 0.15) is 5.75 Å². The van der Waals surface area contributed by atoms with Crippen molar-refractivity contribution in [2.24, 2.45) is 11.8 Å². The number of halogens is 2. The van der Waals surface area contributed by atoms with Gasteiger partial charge in [-0.15, -0.1) is 0 Å². The number of ketones is 1. The second-order valence-corrected chi connectivity index (χ2v) is 13.2. The van der Waals surface area contributed by atoms with E-state index < -0.39 is 34.5 Å². The minimum atomic E-state index is -1.52. The highest BCUT2D eigenvalue weighted by molar-refractivity contribution is 6.39. The molecule has 8 rings (SSSR count). The van der Waals surface area contributed by atoms with Crippen LogP contribution >= 0.6 is 23.2 Å². The molecule has 5 aromatic rings. The summed E-state index contributed by atoms with van der Waals surface area (Å²) in [4.78, 5) is 47.4. The van der Waals surface area contributed by atoms with Gasteiger partial charge in [0.05, 0.1) is 35.0 Å². The number of benzene rings is 5. The lowest BCUT2D eigenvalue weighted by Crippen LogP contribution is -2.45. The van der Waals surface area contributed by atoms with Crippen LogP contribution in [-0.2, 0) is 25.2 Å². The Bertz CT molecular complexity index is 1990. The van der Waals surface area contributed by atoms with Crippen molar-refractivity contribution in [3.05, 3.63) is 166 Å². The van der Waals surface area contributed by atoms with Crippen molar-refractivity contribution >= 4 is 57.6 Å². The number of ether oxygens (including phenoxy) is 1. The molecule has 5 nitrogen and oxygen atoms in total. The molecule has 0 N–H and O–H groups in total. The van der Waals surface area contributed by atoms with Crippen LogP contribution in [0.3, 0.4) is 0 Å². The van der Waals surface area contributed by atoms with Crippen molar-refractivity contribution in [1.29, 1.82) is 0 Å². The lowest BCUT2D eigenvalue weighted by Gasteiger charge is -2.39. The fraction of sp³-hybridized carbons (Fsp3) is 0.146. The van der Waals surface area contributed by atoms with Crippen LogP contribution in [0.25, 0.3) is 11.1 Å². The van der Waals surface area contributed by atoms with E-state index in [0.29, 0.717) is 50.4 Å². The molecule has 2 fully saturated rings. The fourth-order valence-electron chi connectivity index (χ4n) is 8.47. The summed E-state index contributed by atoms with van der Waals surface area (Å²) in [6.45, 7) is 2.38. The zero-order chi connectivity index (χ0) is 33.2. The van der Waals surface area contributed by atoms with E-state index in [4.69, 9.17) is 27.9 Å². The van der Waals surface area contributed by atoms with Crippen LogP contribution in [-0.4, -0.2) is 24.2 Å². The highest BCUT2D eigenvalue weighted by atomic mass is 35.5. The van der Waals surface area contributed by atoms with Gasteiger partial charge < -0.3 is 4.74 Å². The predicted molar refractivity (Wildman–Crippen MR) is 188 cm³/mol. The molecule has 0 unspecified atom stereocenters. The molecule has 0 spiro atoms. The van der Waals surface area contributed by atoms with Gasteiger partial charge in [-0.25, -0.2) is 4.90 Å². The van der Waals surface area contributed by atoms with E-state index >= 15 is 14.4 Å². The Morgan fingerprint density at radius 1 is 0.583 bits per heavy atom. The van der Waals surface area contributed by atoms with E-state index in [-0.39, 0.29) is 5.78 Å². The predicted octanol–water partition coefficient (Wildman–Crippen LogP) is 8.58. The van der Waals surface area contributed by atoms with Crippen molar-refractivity contribution in [1.82, 2.24) is 0 Å². The zero-order valence-corrected chi connectivity index (χ0v) is 27.4. The lowest BCUT2D eigenvalue weighted by atomic mass is 9.59. The zero-order valence-electron chi connectivity index (χ0n) is 25.9. The number of rotatable bonds is 7. The molecule has 2 aliphatic carbocycles. The second-order valence-electron chi connectivity index (χ2n) is 12.3. The monoisotopic (exact) mass is 669 g/mol. The van der Waals surface area contributed by atoms with Crippen LogP contribution in [0, 0.1) is 11.8 Å². The Kier molecular flexibility index (Phi) is 7.17. The van der Waals surface area contributed by atoms with Gasteiger partial charge in [-0.05, 0) is 88.9 Å². The van der Waals surface area contributed by atoms with Crippen molar-refractivity contribution in [2.45, 2.75) is 17.8 Å². The Labute approximate surface area is 288 Å². The summed E-state index contributed by atoms with van der Waals surface area (Å²) < 4.78 is 5.64. The van der Waals surface area contributed by atoms with E-state index in [9.17, 15) is 0 Å². The molecular formula is C41H29Cl2NO4. The number of Topliss-reactive ketones (excluding diaryl/α,β-unsaturated/α-hetero) is 1. The molecule has 2 amide bonds. The van der Waals surface area contributed by atoms with Gasteiger partial charge in [-0.1, -0.05) is 108 Å². The van der Waals surface area contributed by atoms with Crippen molar-refractivity contribution in [3.8, 4) is 5.75 Å². The molecule has 1 aliphatic heterocycles. The molecule has 1 heterocycles. The van der Waals surface area contributed by atoms with Crippen molar-refractivity contribution in [2.75, 3.05) is 11.5 Å². The fourth-order valence-corrected chi connectivity index (χ4v) is 8.72. The van der Waals surface area contributed by atoms with Gasteiger partial charge in [0.15, 0.2) is 5.78 Å². The molecule has 1 saturated heterocycles. The van der Waals surface area contributed by atoms with E-state index in [1.807, 2.05) is 91.9 Å². The number of carbonyl (C=O) groups is 3. The summed E-state index contributed by atoms with van der Waals surface area (Å²) in [5, 5.41) is 0.995. The number of carbonyl (C=O) groups excluding carboxylic acids is 3. The first-order valence-electron chi connectivity index (χ1n) is 15.9. The Morgan fingerprint density at radius 2 is 1.00 bits per heavy atom. The second kappa shape index (κ2) is 11.3. The van der Waals surface area contributed by atoms with E-state index in [1.165, 1.54) is 4.90 Å². The van der Waals surface area contributed by atoms with E-state index in [1.54, 1.807) is 48.5 Å². The topological polar surface area (TPSA) is 63.7 Å².